The van der Waals surface area contributed by atoms with Crippen molar-refractivity contribution in [2.24, 2.45) is 7.05 Å². The van der Waals surface area contributed by atoms with Crippen LogP contribution in [-0.2, 0) is 13.5 Å². The van der Waals surface area contributed by atoms with Gasteiger partial charge in [-0.15, -0.1) is 0 Å². The van der Waals surface area contributed by atoms with Crippen LogP contribution in [0.1, 0.15) is 33.0 Å². The molecule has 2 heterocycles. The van der Waals surface area contributed by atoms with Gasteiger partial charge >= 0.3 is 0 Å². The molecule has 0 saturated heterocycles. The summed E-state index contributed by atoms with van der Waals surface area (Å²) in [5.74, 6) is -0.248. The fraction of sp³-hybridized carbons (Fsp3) is 0.167. The first kappa shape index (κ1) is 22.4. The number of nitrogens with zero attached hydrogens (tertiary/aromatic N) is 3. The topological polar surface area (TPSA) is 88.9 Å². The molecule has 2 amide bonds. The van der Waals surface area contributed by atoms with Crippen molar-refractivity contribution in [3.05, 3.63) is 88.7 Å². The number of pyridine rings is 1. The minimum Gasteiger partial charge on any atom is -0.352 e. The molecule has 0 aliphatic heterocycles. The Labute approximate surface area is 194 Å². The van der Waals surface area contributed by atoms with E-state index in [1.807, 2.05) is 29.8 Å². The molecular formula is C24H21ClFN5O2. The van der Waals surface area contributed by atoms with Crippen molar-refractivity contribution >= 4 is 40.1 Å². The molecule has 0 fully saturated rings. The van der Waals surface area contributed by atoms with Crippen molar-refractivity contribution in [1.29, 1.82) is 0 Å². The van der Waals surface area contributed by atoms with Crippen LogP contribution in [0, 0.1) is 5.82 Å². The van der Waals surface area contributed by atoms with Crippen molar-refractivity contribution < 1.29 is 14.0 Å². The number of rotatable bonds is 7. The number of halogens is 2. The summed E-state index contributed by atoms with van der Waals surface area (Å²) in [6.07, 6.45) is 4.44. The molecule has 0 aliphatic carbocycles. The average Bonchev–Trinajstić information content (AvgIpc) is 3.13. The lowest BCUT2D eigenvalue weighted by Crippen LogP contribution is -2.25. The van der Waals surface area contributed by atoms with Gasteiger partial charge in [0, 0.05) is 43.7 Å². The Morgan fingerprint density at radius 2 is 1.94 bits per heavy atom. The molecule has 0 bridgehead atoms. The molecule has 0 radical (unpaired) electrons. The van der Waals surface area contributed by atoms with Gasteiger partial charge in [-0.05, 0) is 55.0 Å². The number of benzene rings is 2. The third-order valence-electron chi connectivity index (χ3n) is 5.20. The highest BCUT2D eigenvalue weighted by molar-refractivity contribution is 6.31. The maximum Gasteiger partial charge on any atom is 0.257 e. The first-order chi connectivity index (χ1) is 15.9. The van der Waals surface area contributed by atoms with Crippen molar-refractivity contribution in [2.75, 3.05) is 11.9 Å². The summed E-state index contributed by atoms with van der Waals surface area (Å²) in [7, 11) is 1.93. The lowest BCUT2D eigenvalue weighted by Gasteiger charge is -2.06. The molecular weight excluding hydrogens is 445 g/mol. The van der Waals surface area contributed by atoms with Crippen LogP contribution >= 0.6 is 11.6 Å². The molecule has 2 N–H and O–H groups in total. The quantitative estimate of drug-likeness (QED) is 0.396. The lowest BCUT2D eigenvalue weighted by atomic mass is 10.2. The van der Waals surface area contributed by atoms with E-state index in [9.17, 15) is 14.0 Å². The van der Waals surface area contributed by atoms with Gasteiger partial charge in [0.15, 0.2) is 0 Å². The van der Waals surface area contributed by atoms with Crippen LogP contribution in [0.3, 0.4) is 0 Å². The van der Waals surface area contributed by atoms with Gasteiger partial charge in [0.1, 0.15) is 11.6 Å². The summed E-state index contributed by atoms with van der Waals surface area (Å²) in [4.78, 5) is 33.2. The Bertz CT molecular complexity index is 1320. The Kier molecular flexibility index (Phi) is 6.65. The Morgan fingerprint density at radius 3 is 2.70 bits per heavy atom. The maximum atomic E-state index is 13.3. The Hall–Kier alpha value is -3.78. The molecule has 4 rings (SSSR count). The fourth-order valence-electron chi connectivity index (χ4n) is 3.44. The summed E-state index contributed by atoms with van der Waals surface area (Å²) in [5.41, 5.74) is 3.14. The predicted molar refractivity (Wildman–Crippen MR) is 125 cm³/mol. The number of carbonyl (C=O) groups is 2. The first-order valence-corrected chi connectivity index (χ1v) is 10.7. The van der Waals surface area contributed by atoms with Crippen molar-refractivity contribution in [1.82, 2.24) is 19.9 Å². The zero-order valence-electron chi connectivity index (χ0n) is 17.8. The van der Waals surface area contributed by atoms with Gasteiger partial charge in [0.25, 0.3) is 11.8 Å². The fourth-order valence-corrected chi connectivity index (χ4v) is 3.62. The second kappa shape index (κ2) is 9.79. The van der Waals surface area contributed by atoms with Gasteiger partial charge in [0.05, 0.1) is 21.6 Å². The molecule has 0 saturated carbocycles. The number of anilines is 1. The van der Waals surface area contributed by atoms with Crippen LogP contribution in [0.4, 0.5) is 10.1 Å². The monoisotopic (exact) mass is 465 g/mol. The van der Waals surface area contributed by atoms with Gasteiger partial charge < -0.3 is 15.2 Å². The van der Waals surface area contributed by atoms with Gasteiger partial charge in [-0.25, -0.2) is 9.37 Å². The molecule has 0 atom stereocenters. The smallest absolute Gasteiger partial charge is 0.257 e. The van der Waals surface area contributed by atoms with Crippen LogP contribution in [-0.4, -0.2) is 32.9 Å². The SMILES string of the molecule is Cn1c(CCCNC(=O)c2ccc(F)c(Cl)c2)nc2cc(NC(=O)c3cccnc3)ccc21. The van der Waals surface area contributed by atoms with E-state index in [0.29, 0.717) is 36.2 Å². The Balaban J connectivity index is 1.36. The highest BCUT2D eigenvalue weighted by atomic mass is 35.5. The van der Waals surface area contributed by atoms with E-state index >= 15 is 0 Å². The van der Waals surface area contributed by atoms with Crippen LogP contribution < -0.4 is 10.6 Å². The summed E-state index contributed by atoms with van der Waals surface area (Å²) in [6.45, 7) is 0.434. The van der Waals surface area contributed by atoms with Crippen LogP contribution in [0.15, 0.2) is 60.9 Å². The van der Waals surface area contributed by atoms with E-state index in [0.717, 1.165) is 16.9 Å². The molecule has 2 aromatic heterocycles. The summed E-state index contributed by atoms with van der Waals surface area (Å²) in [6, 6.07) is 12.8. The van der Waals surface area contributed by atoms with Crippen molar-refractivity contribution in [3.8, 4) is 0 Å². The largest absolute Gasteiger partial charge is 0.352 e. The number of fused-ring (bicyclic) bond motifs is 1. The molecule has 168 valence electrons. The highest BCUT2D eigenvalue weighted by Crippen LogP contribution is 2.21. The zero-order valence-corrected chi connectivity index (χ0v) is 18.6. The zero-order chi connectivity index (χ0) is 23.4. The predicted octanol–water partition coefficient (Wildman–Crippen LogP) is 4.38. The molecule has 9 heteroatoms. The molecule has 0 aliphatic rings. The van der Waals surface area contributed by atoms with E-state index < -0.39 is 5.82 Å². The summed E-state index contributed by atoms with van der Waals surface area (Å²) < 4.78 is 15.2. The number of carbonyl (C=O) groups excluding carboxylic acids is 2. The summed E-state index contributed by atoms with van der Waals surface area (Å²) >= 11 is 5.73. The second-order valence-electron chi connectivity index (χ2n) is 7.47. The first-order valence-electron chi connectivity index (χ1n) is 10.3. The molecule has 0 spiro atoms. The Morgan fingerprint density at radius 1 is 1.09 bits per heavy atom. The second-order valence-corrected chi connectivity index (χ2v) is 7.88. The average molecular weight is 466 g/mol. The van der Waals surface area contributed by atoms with E-state index in [1.54, 1.807) is 18.3 Å². The van der Waals surface area contributed by atoms with E-state index in [1.165, 1.54) is 24.4 Å². The summed E-state index contributed by atoms with van der Waals surface area (Å²) in [5, 5.41) is 5.58. The molecule has 4 aromatic rings. The third kappa shape index (κ3) is 5.18. The van der Waals surface area contributed by atoms with E-state index in [-0.39, 0.29) is 16.8 Å². The van der Waals surface area contributed by atoms with Crippen LogP contribution in [0.2, 0.25) is 5.02 Å². The van der Waals surface area contributed by atoms with Gasteiger partial charge in [-0.1, -0.05) is 11.6 Å². The van der Waals surface area contributed by atoms with Crippen molar-refractivity contribution in [3.63, 3.8) is 0 Å². The van der Waals surface area contributed by atoms with Crippen molar-refractivity contribution in [2.45, 2.75) is 12.8 Å². The number of nitrogens with one attached hydrogen (secondary N) is 2. The number of aromatic nitrogens is 3. The third-order valence-corrected chi connectivity index (χ3v) is 5.49. The normalized spacial score (nSPS) is 10.9. The maximum absolute atomic E-state index is 13.3. The number of amides is 2. The van der Waals surface area contributed by atoms with Crippen LogP contribution in [0.25, 0.3) is 11.0 Å². The number of imidazole rings is 1. The van der Waals surface area contributed by atoms with Crippen LogP contribution in [0.5, 0.6) is 0 Å². The minimum atomic E-state index is -0.560. The minimum absolute atomic E-state index is 0.0849. The lowest BCUT2D eigenvalue weighted by molar-refractivity contribution is 0.0952. The van der Waals surface area contributed by atoms with Gasteiger partial charge in [-0.2, -0.15) is 0 Å². The molecule has 7 nitrogen and oxygen atoms in total. The molecule has 0 unspecified atom stereocenters. The number of hydrogen-bond donors (Lipinski definition) is 2. The van der Waals surface area contributed by atoms with E-state index in [4.69, 9.17) is 11.6 Å². The van der Waals surface area contributed by atoms with Gasteiger partial charge in [-0.3, -0.25) is 14.6 Å². The van der Waals surface area contributed by atoms with Gasteiger partial charge in [0.2, 0.25) is 0 Å². The molecule has 2 aromatic carbocycles. The van der Waals surface area contributed by atoms with E-state index in [2.05, 4.69) is 20.6 Å². The number of hydrogen-bond acceptors (Lipinski definition) is 4. The number of aryl methyl sites for hydroxylation is 2. The standard InChI is InChI=1S/C24H21ClFN5O2/c1-31-21-9-7-17(29-24(33)16-4-2-10-27-14-16)13-20(21)30-22(31)5-3-11-28-23(32)15-6-8-19(26)18(25)12-15/h2,4,6-10,12-14H,3,5,11H2,1H3,(H,28,32)(H,29,33). The highest BCUT2D eigenvalue weighted by Gasteiger charge is 2.12. The molecule has 33 heavy (non-hydrogen) atoms.